The first-order valence-corrected chi connectivity index (χ1v) is 8.04. The highest BCUT2D eigenvalue weighted by Crippen LogP contribution is 2.34. The van der Waals surface area contributed by atoms with Crippen LogP contribution in [0.5, 0.6) is 5.75 Å². The highest BCUT2D eigenvalue weighted by molar-refractivity contribution is 6.32. The quantitative estimate of drug-likeness (QED) is 0.844. The Morgan fingerprint density at radius 2 is 2.25 bits per heavy atom. The molecule has 7 nitrogen and oxygen atoms in total. The van der Waals surface area contributed by atoms with Gasteiger partial charge in [-0.05, 0) is 36.2 Å². The van der Waals surface area contributed by atoms with Crippen molar-refractivity contribution >= 4 is 23.5 Å². The minimum absolute atomic E-state index is 0.105. The van der Waals surface area contributed by atoms with E-state index in [2.05, 4.69) is 10.1 Å². The molecule has 1 aromatic heterocycles. The van der Waals surface area contributed by atoms with Crippen molar-refractivity contribution in [1.29, 1.82) is 0 Å². The number of methoxy groups -OCH3 is 1. The van der Waals surface area contributed by atoms with Gasteiger partial charge < -0.3 is 19.1 Å². The molecule has 0 radical (unpaired) electrons. The first kappa shape index (κ1) is 16.6. The van der Waals surface area contributed by atoms with Crippen LogP contribution in [0.25, 0.3) is 0 Å². The standard InChI is InChI=1S/C16H19ClN4O3/c1-20(2)16-18-14(24-19-16)12-5-4-8-21(12)15(22)10-6-7-13(23-3)11(17)9-10/h6-7,9,12H,4-5,8H2,1-3H3. The second kappa shape index (κ2) is 6.68. The predicted molar refractivity (Wildman–Crippen MR) is 89.6 cm³/mol. The molecule has 24 heavy (non-hydrogen) atoms. The Morgan fingerprint density at radius 1 is 1.46 bits per heavy atom. The van der Waals surface area contributed by atoms with Gasteiger partial charge in [-0.1, -0.05) is 11.6 Å². The van der Waals surface area contributed by atoms with Gasteiger partial charge in [0, 0.05) is 26.2 Å². The van der Waals surface area contributed by atoms with Gasteiger partial charge in [-0.15, -0.1) is 0 Å². The lowest BCUT2D eigenvalue weighted by Crippen LogP contribution is -2.30. The van der Waals surface area contributed by atoms with Crippen LogP contribution in [0.3, 0.4) is 0 Å². The van der Waals surface area contributed by atoms with Crippen molar-refractivity contribution in [2.75, 3.05) is 32.6 Å². The van der Waals surface area contributed by atoms with Crippen molar-refractivity contribution in [2.45, 2.75) is 18.9 Å². The lowest BCUT2D eigenvalue weighted by Gasteiger charge is -2.22. The summed E-state index contributed by atoms with van der Waals surface area (Å²) in [6.07, 6.45) is 1.69. The van der Waals surface area contributed by atoms with E-state index >= 15 is 0 Å². The molecule has 1 aliphatic heterocycles. The molecule has 0 saturated carbocycles. The molecule has 0 bridgehead atoms. The molecule has 0 aliphatic carbocycles. The summed E-state index contributed by atoms with van der Waals surface area (Å²) in [5, 5.41) is 4.34. The van der Waals surface area contributed by atoms with E-state index in [4.69, 9.17) is 20.9 Å². The number of aromatic nitrogens is 2. The molecule has 1 atom stereocenters. The molecule has 2 aromatic rings. The van der Waals surface area contributed by atoms with Crippen LogP contribution in [-0.2, 0) is 0 Å². The maximum absolute atomic E-state index is 12.8. The van der Waals surface area contributed by atoms with Gasteiger partial charge in [-0.3, -0.25) is 4.79 Å². The van der Waals surface area contributed by atoms with Crippen LogP contribution < -0.4 is 9.64 Å². The number of hydrogen-bond donors (Lipinski definition) is 0. The van der Waals surface area contributed by atoms with Gasteiger partial charge in [-0.25, -0.2) is 0 Å². The minimum Gasteiger partial charge on any atom is -0.495 e. The Hall–Kier alpha value is -2.28. The third-order valence-corrected chi connectivity index (χ3v) is 4.32. The number of hydrogen-bond acceptors (Lipinski definition) is 6. The van der Waals surface area contributed by atoms with Crippen molar-refractivity contribution in [3.8, 4) is 5.75 Å². The molecule has 1 unspecified atom stereocenters. The number of amides is 1. The molecule has 0 spiro atoms. The zero-order valence-corrected chi connectivity index (χ0v) is 14.6. The van der Waals surface area contributed by atoms with E-state index in [1.807, 2.05) is 14.1 Å². The largest absolute Gasteiger partial charge is 0.495 e. The second-order valence-corrected chi connectivity index (χ2v) is 6.24. The minimum atomic E-state index is -0.209. The molecular weight excluding hydrogens is 332 g/mol. The van der Waals surface area contributed by atoms with Crippen LogP contribution in [-0.4, -0.2) is 48.7 Å². The third-order valence-electron chi connectivity index (χ3n) is 4.03. The fourth-order valence-corrected chi connectivity index (χ4v) is 3.03. The fourth-order valence-electron chi connectivity index (χ4n) is 2.78. The predicted octanol–water partition coefficient (Wildman–Crippen LogP) is 2.77. The number of halogens is 1. The summed E-state index contributed by atoms with van der Waals surface area (Å²) >= 11 is 6.13. The van der Waals surface area contributed by atoms with E-state index in [9.17, 15) is 4.79 Å². The molecule has 128 valence electrons. The first-order valence-electron chi connectivity index (χ1n) is 7.66. The number of anilines is 1. The molecule has 0 N–H and O–H groups in total. The van der Waals surface area contributed by atoms with E-state index in [1.165, 1.54) is 7.11 Å². The highest BCUT2D eigenvalue weighted by atomic mass is 35.5. The molecule has 1 fully saturated rings. The van der Waals surface area contributed by atoms with Gasteiger partial charge in [0.2, 0.25) is 0 Å². The van der Waals surface area contributed by atoms with Crippen LogP contribution in [0.4, 0.5) is 5.95 Å². The summed E-state index contributed by atoms with van der Waals surface area (Å²) in [7, 11) is 5.22. The third kappa shape index (κ3) is 3.03. The van der Waals surface area contributed by atoms with E-state index in [0.29, 0.717) is 34.7 Å². The van der Waals surface area contributed by atoms with Crippen LogP contribution in [0.2, 0.25) is 5.02 Å². The van der Waals surface area contributed by atoms with Gasteiger partial charge >= 0.3 is 0 Å². The Balaban J connectivity index is 1.84. The van der Waals surface area contributed by atoms with E-state index in [0.717, 1.165) is 12.8 Å². The van der Waals surface area contributed by atoms with Crippen LogP contribution >= 0.6 is 11.6 Å². The highest BCUT2D eigenvalue weighted by Gasteiger charge is 2.34. The maximum Gasteiger partial charge on any atom is 0.265 e. The number of ether oxygens (including phenoxy) is 1. The number of rotatable bonds is 4. The Morgan fingerprint density at radius 3 is 2.88 bits per heavy atom. The average Bonchev–Trinajstić information content (AvgIpc) is 3.22. The lowest BCUT2D eigenvalue weighted by molar-refractivity contribution is 0.0710. The first-order chi connectivity index (χ1) is 11.5. The van der Waals surface area contributed by atoms with Crippen molar-refractivity contribution in [1.82, 2.24) is 15.0 Å². The van der Waals surface area contributed by atoms with Crippen LogP contribution in [0, 0.1) is 0 Å². The van der Waals surface area contributed by atoms with Crippen molar-refractivity contribution < 1.29 is 14.1 Å². The van der Waals surface area contributed by atoms with Crippen molar-refractivity contribution in [3.63, 3.8) is 0 Å². The SMILES string of the molecule is COc1ccc(C(=O)N2CCCC2c2nc(N(C)C)no2)cc1Cl. The number of benzene rings is 1. The summed E-state index contributed by atoms with van der Waals surface area (Å²) in [5.74, 6) is 1.39. The number of carbonyl (C=O) groups excluding carboxylic acids is 1. The van der Waals surface area contributed by atoms with Crippen molar-refractivity contribution in [3.05, 3.63) is 34.7 Å². The summed E-state index contributed by atoms with van der Waals surface area (Å²) in [6.45, 7) is 0.646. The molecule has 2 heterocycles. The van der Waals surface area contributed by atoms with E-state index < -0.39 is 0 Å². The van der Waals surface area contributed by atoms with Gasteiger partial charge in [0.25, 0.3) is 17.7 Å². The Bertz CT molecular complexity index is 747. The lowest BCUT2D eigenvalue weighted by atomic mass is 10.1. The summed E-state index contributed by atoms with van der Waals surface area (Å²) in [6, 6.07) is 4.82. The average molecular weight is 351 g/mol. The number of nitrogens with zero attached hydrogens (tertiary/aromatic N) is 4. The second-order valence-electron chi connectivity index (χ2n) is 5.83. The molecule has 1 amide bonds. The molecule has 1 aromatic carbocycles. The molecule has 8 heteroatoms. The topological polar surface area (TPSA) is 71.7 Å². The van der Waals surface area contributed by atoms with E-state index in [1.54, 1.807) is 28.0 Å². The zero-order chi connectivity index (χ0) is 17.3. The van der Waals surface area contributed by atoms with Gasteiger partial charge in [0.15, 0.2) is 0 Å². The molecule has 1 saturated heterocycles. The van der Waals surface area contributed by atoms with Gasteiger partial charge in [0.1, 0.15) is 11.8 Å². The summed E-state index contributed by atoms with van der Waals surface area (Å²) in [4.78, 5) is 20.7. The smallest absolute Gasteiger partial charge is 0.265 e. The van der Waals surface area contributed by atoms with Crippen LogP contribution in [0.1, 0.15) is 35.1 Å². The summed E-state index contributed by atoms with van der Waals surface area (Å²) in [5.41, 5.74) is 0.514. The van der Waals surface area contributed by atoms with Gasteiger partial charge in [0.05, 0.1) is 12.1 Å². The van der Waals surface area contributed by atoms with E-state index in [-0.39, 0.29) is 11.9 Å². The molecule has 3 rings (SSSR count). The van der Waals surface area contributed by atoms with Gasteiger partial charge in [-0.2, -0.15) is 4.98 Å². The Kier molecular flexibility index (Phi) is 4.62. The monoisotopic (exact) mass is 350 g/mol. The molecular formula is C16H19ClN4O3. The number of likely N-dealkylation sites (tertiary alicyclic amines) is 1. The zero-order valence-electron chi connectivity index (χ0n) is 13.8. The fraction of sp³-hybridized carbons (Fsp3) is 0.438. The normalized spacial score (nSPS) is 17.2. The molecule has 1 aliphatic rings. The van der Waals surface area contributed by atoms with Crippen LogP contribution in [0.15, 0.2) is 22.7 Å². The Labute approximate surface area is 145 Å². The number of carbonyl (C=O) groups is 1. The summed E-state index contributed by atoms with van der Waals surface area (Å²) < 4.78 is 10.5. The van der Waals surface area contributed by atoms with Crippen molar-refractivity contribution in [2.24, 2.45) is 0 Å². The maximum atomic E-state index is 12.8.